The van der Waals surface area contributed by atoms with Gasteiger partial charge in [-0.25, -0.2) is 4.79 Å². The molecule has 10 heteroatoms. The number of thiophene rings is 2. The van der Waals surface area contributed by atoms with Crippen LogP contribution in [0.3, 0.4) is 0 Å². The Morgan fingerprint density at radius 1 is 1.21 bits per heavy atom. The van der Waals surface area contributed by atoms with Crippen molar-refractivity contribution in [3.05, 3.63) is 31.8 Å². The van der Waals surface area contributed by atoms with Crippen LogP contribution in [0.4, 0.5) is 5.00 Å². The van der Waals surface area contributed by atoms with Gasteiger partial charge in [0.1, 0.15) is 5.00 Å². The first-order valence-corrected chi connectivity index (χ1v) is 14.3. The number of amides is 1. The van der Waals surface area contributed by atoms with Crippen LogP contribution in [0.5, 0.6) is 0 Å². The zero-order chi connectivity index (χ0) is 24.2. The lowest BCUT2D eigenvalue weighted by atomic mass is 9.95. The van der Waals surface area contributed by atoms with Crippen LogP contribution in [0.2, 0.25) is 0 Å². The Bertz CT molecular complexity index is 1190. The lowest BCUT2D eigenvalue weighted by Crippen LogP contribution is -2.17. The van der Waals surface area contributed by atoms with Gasteiger partial charge in [-0.3, -0.25) is 4.79 Å². The highest BCUT2D eigenvalue weighted by molar-refractivity contribution is 7.99. The molecule has 3 heterocycles. The van der Waals surface area contributed by atoms with E-state index in [0.29, 0.717) is 17.2 Å². The van der Waals surface area contributed by atoms with Crippen LogP contribution in [-0.2, 0) is 28.9 Å². The van der Waals surface area contributed by atoms with Crippen molar-refractivity contribution < 1.29 is 14.3 Å². The molecule has 0 fully saturated rings. The molecule has 0 aromatic carbocycles. The maximum atomic E-state index is 12.9. The normalized spacial score (nSPS) is 13.1. The van der Waals surface area contributed by atoms with Gasteiger partial charge in [-0.1, -0.05) is 18.7 Å². The van der Waals surface area contributed by atoms with E-state index in [4.69, 9.17) is 4.74 Å². The molecule has 1 N–H and O–H groups in total. The van der Waals surface area contributed by atoms with Crippen LogP contribution >= 0.6 is 34.4 Å². The molecule has 34 heavy (non-hydrogen) atoms. The van der Waals surface area contributed by atoms with E-state index in [2.05, 4.69) is 46.2 Å². The monoisotopic (exact) mass is 518 g/mol. The van der Waals surface area contributed by atoms with Gasteiger partial charge in [0.2, 0.25) is 5.91 Å². The van der Waals surface area contributed by atoms with Crippen molar-refractivity contribution in [3.8, 4) is 11.4 Å². The summed E-state index contributed by atoms with van der Waals surface area (Å²) < 4.78 is 7.39. The van der Waals surface area contributed by atoms with Gasteiger partial charge >= 0.3 is 5.97 Å². The maximum absolute atomic E-state index is 12.9. The summed E-state index contributed by atoms with van der Waals surface area (Å²) in [6, 6.07) is 0. The van der Waals surface area contributed by atoms with Crippen LogP contribution in [0.15, 0.2) is 10.5 Å². The third-order valence-corrected chi connectivity index (χ3v) is 9.11. The smallest absolute Gasteiger partial charge is 0.341 e. The number of anilines is 1. The Hall–Kier alpha value is -2.17. The zero-order valence-electron chi connectivity index (χ0n) is 20.0. The number of nitrogens with zero attached hydrogens (tertiary/aromatic N) is 3. The largest absolute Gasteiger partial charge is 0.462 e. The van der Waals surface area contributed by atoms with Crippen molar-refractivity contribution >= 4 is 51.3 Å². The number of ether oxygens (including phenoxy) is 1. The molecule has 0 bridgehead atoms. The molecular weight excluding hydrogens is 488 g/mol. The minimum absolute atomic E-state index is 0.163. The molecule has 0 saturated heterocycles. The van der Waals surface area contributed by atoms with E-state index in [-0.39, 0.29) is 17.6 Å². The zero-order valence-corrected chi connectivity index (χ0v) is 22.5. The summed E-state index contributed by atoms with van der Waals surface area (Å²) in [6.45, 7) is 9.22. The molecule has 0 saturated carbocycles. The molecule has 0 atom stereocenters. The number of rotatable bonds is 9. The minimum Gasteiger partial charge on any atom is -0.462 e. The second-order valence-corrected chi connectivity index (χ2v) is 11.4. The summed E-state index contributed by atoms with van der Waals surface area (Å²) in [5.41, 5.74) is 3.91. The van der Waals surface area contributed by atoms with E-state index < -0.39 is 0 Å². The second-order valence-electron chi connectivity index (χ2n) is 8.26. The lowest BCUT2D eigenvalue weighted by molar-refractivity contribution is -0.113. The Kier molecular flexibility index (Phi) is 8.10. The number of carbonyl (C=O) groups is 2. The highest BCUT2D eigenvalue weighted by Gasteiger charge is 2.27. The number of aromatic nitrogens is 3. The Labute approximate surface area is 212 Å². The fraction of sp³-hybridized carbons (Fsp3) is 0.500. The third-order valence-electron chi connectivity index (χ3n) is 5.93. The molecule has 0 unspecified atom stereocenters. The summed E-state index contributed by atoms with van der Waals surface area (Å²) in [4.78, 5) is 28.0. The minimum atomic E-state index is -0.349. The summed E-state index contributed by atoms with van der Waals surface area (Å²) >= 11 is 4.59. The molecule has 1 aliphatic rings. The van der Waals surface area contributed by atoms with Crippen molar-refractivity contribution in [3.63, 3.8) is 0 Å². The highest BCUT2D eigenvalue weighted by atomic mass is 32.2. The average Bonchev–Trinajstić information content (AvgIpc) is 3.48. The first kappa shape index (κ1) is 24.9. The van der Waals surface area contributed by atoms with Gasteiger partial charge in [-0.2, -0.15) is 0 Å². The fourth-order valence-corrected chi connectivity index (χ4v) is 7.04. The Balaban J connectivity index is 1.50. The topological polar surface area (TPSA) is 86.1 Å². The Morgan fingerprint density at radius 3 is 2.71 bits per heavy atom. The van der Waals surface area contributed by atoms with Crippen molar-refractivity contribution in [2.75, 3.05) is 17.7 Å². The van der Waals surface area contributed by atoms with Gasteiger partial charge in [0.15, 0.2) is 11.0 Å². The van der Waals surface area contributed by atoms with E-state index in [1.54, 1.807) is 18.3 Å². The molecule has 3 aromatic rings. The van der Waals surface area contributed by atoms with Crippen LogP contribution in [0, 0.1) is 13.8 Å². The van der Waals surface area contributed by atoms with Crippen molar-refractivity contribution in [2.24, 2.45) is 0 Å². The summed E-state index contributed by atoms with van der Waals surface area (Å²) in [6.07, 6.45) is 4.91. The number of esters is 1. The van der Waals surface area contributed by atoms with Gasteiger partial charge in [0.25, 0.3) is 0 Å². The molecule has 0 radical (unpaired) electrons. The molecule has 1 amide bonds. The number of aryl methyl sites for hydroxylation is 2. The van der Waals surface area contributed by atoms with Crippen LogP contribution < -0.4 is 5.32 Å². The van der Waals surface area contributed by atoms with Crippen LogP contribution in [0.1, 0.15) is 64.3 Å². The van der Waals surface area contributed by atoms with E-state index in [9.17, 15) is 9.59 Å². The maximum Gasteiger partial charge on any atom is 0.341 e. The molecule has 7 nitrogen and oxygen atoms in total. The Morgan fingerprint density at radius 2 is 2.00 bits per heavy atom. The number of fused-ring (bicyclic) bond motifs is 1. The van der Waals surface area contributed by atoms with E-state index >= 15 is 0 Å². The number of carbonyl (C=O) groups excluding carboxylic acids is 2. The van der Waals surface area contributed by atoms with Crippen LogP contribution in [0.25, 0.3) is 11.4 Å². The van der Waals surface area contributed by atoms with Gasteiger partial charge < -0.3 is 14.6 Å². The van der Waals surface area contributed by atoms with Crippen LogP contribution in [-0.4, -0.2) is 39.0 Å². The predicted molar refractivity (Wildman–Crippen MR) is 139 cm³/mol. The van der Waals surface area contributed by atoms with E-state index in [0.717, 1.165) is 60.8 Å². The SMILES string of the molecule is CCCn1c(SCC(=O)Nc2sc3c(c2C(=O)OCC)CCCC3)nnc1-c1csc(C)c1C. The third kappa shape index (κ3) is 5.08. The van der Waals surface area contributed by atoms with Crippen molar-refractivity contribution in [1.29, 1.82) is 0 Å². The molecule has 0 aliphatic heterocycles. The molecule has 3 aromatic heterocycles. The summed E-state index contributed by atoms with van der Waals surface area (Å²) in [7, 11) is 0. The molecule has 1 aliphatic carbocycles. The van der Waals surface area contributed by atoms with E-state index in [1.807, 2.05) is 0 Å². The van der Waals surface area contributed by atoms with Crippen molar-refractivity contribution in [1.82, 2.24) is 14.8 Å². The molecule has 0 spiro atoms. The van der Waals surface area contributed by atoms with Gasteiger partial charge in [0.05, 0.1) is 17.9 Å². The number of hydrogen-bond donors (Lipinski definition) is 1. The first-order valence-electron chi connectivity index (χ1n) is 11.7. The number of hydrogen-bond acceptors (Lipinski definition) is 8. The summed E-state index contributed by atoms with van der Waals surface area (Å²) in [5, 5.41) is 15.3. The standard InChI is InChI=1S/C24H30N4O3S3/c1-5-11-28-21(17-12-32-15(4)14(17)3)26-27-24(28)33-13-19(29)25-22-20(23(30)31-6-2)16-9-7-8-10-18(16)34-22/h12H,5-11,13H2,1-4H3,(H,25,29). The van der Waals surface area contributed by atoms with Crippen molar-refractivity contribution in [2.45, 2.75) is 71.5 Å². The quantitative estimate of drug-likeness (QED) is 0.281. The van der Waals surface area contributed by atoms with Gasteiger partial charge in [-0.15, -0.1) is 32.9 Å². The summed E-state index contributed by atoms with van der Waals surface area (Å²) in [5.74, 6) is 0.527. The average molecular weight is 519 g/mol. The fourth-order valence-electron chi connectivity index (χ4n) is 4.12. The number of nitrogens with one attached hydrogen (secondary N) is 1. The van der Waals surface area contributed by atoms with E-state index in [1.165, 1.54) is 38.4 Å². The second kappa shape index (κ2) is 11.0. The highest BCUT2D eigenvalue weighted by Crippen LogP contribution is 2.39. The molecule has 182 valence electrons. The van der Waals surface area contributed by atoms with Gasteiger partial charge in [0, 0.05) is 27.2 Å². The predicted octanol–water partition coefficient (Wildman–Crippen LogP) is 5.88. The molecular formula is C24H30N4O3S3. The van der Waals surface area contributed by atoms with Gasteiger partial charge in [-0.05, 0) is 64.0 Å². The molecule has 4 rings (SSSR count). The first-order chi connectivity index (χ1) is 16.4. The number of thioether (sulfide) groups is 1. The lowest BCUT2D eigenvalue weighted by Gasteiger charge is -2.12.